The van der Waals surface area contributed by atoms with Crippen LogP contribution in [0.4, 0.5) is 0 Å². The quantitative estimate of drug-likeness (QED) is 0.597. The number of aryl methyl sites for hydroxylation is 1. The molecule has 0 aliphatic heterocycles. The molecular formula is C15H23N3O3. The number of carbonyl (C=O) groups is 1. The molecule has 0 fully saturated rings. The topological polar surface area (TPSA) is 73.1 Å². The summed E-state index contributed by atoms with van der Waals surface area (Å²) in [4.78, 5) is 35.0. The lowest BCUT2D eigenvalue weighted by Crippen LogP contribution is -2.37. The molecule has 1 rings (SSSR count). The van der Waals surface area contributed by atoms with Crippen molar-refractivity contribution < 1.29 is 4.79 Å². The molecule has 0 bridgehead atoms. The fraction of sp³-hybridized carbons (Fsp3) is 0.533. The third-order valence-electron chi connectivity index (χ3n) is 3.22. The van der Waals surface area contributed by atoms with Crippen LogP contribution in [0.1, 0.15) is 38.2 Å². The van der Waals surface area contributed by atoms with Crippen molar-refractivity contribution in [2.45, 2.75) is 32.6 Å². The molecule has 21 heavy (non-hydrogen) atoms. The Morgan fingerprint density at radius 2 is 1.95 bits per heavy atom. The monoisotopic (exact) mass is 293 g/mol. The second kappa shape index (κ2) is 8.24. The summed E-state index contributed by atoms with van der Waals surface area (Å²) in [7, 11) is 2.97. The van der Waals surface area contributed by atoms with Crippen molar-refractivity contribution in [1.82, 2.24) is 14.5 Å². The molecule has 0 atom stereocenters. The molecule has 6 nitrogen and oxygen atoms in total. The highest BCUT2D eigenvalue weighted by molar-refractivity contribution is 5.91. The maximum Gasteiger partial charge on any atom is 0.330 e. The Balaban J connectivity index is 2.63. The third kappa shape index (κ3) is 5.06. The van der Waals surface area contributed by atoms with Gasteiger partial charge in [0.25, 0.3) is 5.56 Å². The second-order valence-electron chi connectivity index (χ2n) is 5.03. The summed E-state index contributed by atoms with van der Waals surface area (Å²) in [6.45, 7) is 2.77. The number of carbonyl (C=O) groups excluding carboxylic acids is 1. The van der Waals surface area contributed by atoms with Crippen LogP contribution in [-0.2, 0) is 18.9 Å². The Labute approximate surface area is 124 Å². The zero-order valence-corrected chi connectivity index (χ0v) is 12.9. The average molecular weight is 293 g/mol. The first-order valence-electron chi connectivity index (χ1n) is 7.20. The summed E-state index contributed by atoms with van der Waals surface area (Å²) in [6, 6.07) is 0. The minimum Gasteiger partial charge on any atom is -0.353 e. The van der Waals surface area contributed by atoms with Gasteiger partial charge in [-0.3, -0.25) is 14.2 Å². The van der Waals surface area contributed by atoms with E-state index in [1.807, 2.05) is 0 Å². The van der Waals surface area contributed by atoms with Gasteiger partial charge in [-0.25, -0.2) is 4.79 Å². The standard InChI is InChI=1S/C15H23N3O3/c1-4-5-6-7-10-16-13(19)9-8-12-11-17(2)15(21)18(3)14(12)20/h8-9,11H,4-7,10H2,1-3H3,(H,16,19)/b9-8+. The van der Waals surface area contributed by atoms with Crippen molar-refractivity contribution >= 4 is 12.0 Å². The van der Waals surface area contributed by atoms with Crippen LogP contribution in [0.2, 0.25) is 0 Å². The number of hydrogen-bond donors (Lipinski definition) is 1. The molecule has 0 unspecified atom stereocenters. The Kier molecular flexibility index (Phi) is 6.65. The number of unbranched alkanes of at least 4 members (excludes halogenated alkanes) is 3. The normalized spacial score (nSPS) is 11.0. The lowest BCUT2D eigenvalue weighted by molar-refractivity contribution is -0.116. The second-order valence-corrected chi connectivity index (χ2v) is 5.03. The summed E-state index contributed by atoms with van der Waals surface area (Å²) in [6.07, 6.45) is 8.56. The summed E-state index contributed by atoms with van der Waals surface area (Å²) in [5.74, 6) is -0.234. The number of aromatic nitrogens is 2. The van der Waals surface area contributed by atoms with Gasteiger partial charge in [-0.1, -0.05) is 26.2 Å². The molecule has 1 N–H and O–H groups in total. The van der Waals surface area contributed by atoms with Crippen LogP contribution >= 0.6 is 0 Å². The van der Waals surface area contributed by atoms with E-state index >= 15 is 0 Å². The largest absolute Gasteiger partial charge is 0.353 e. The van der Waals surface area contributed by atoms with E-state index in [-0.39, 0.29) is 5.91 Å². The van der Waals surface area contributed by atoms with E-state index in [1.165, 1.54) is 36.4 Å². The molecule has 1 amide bonds. The van der Waals surface area contributed by atoms with Crippen molar-refractivity contribution in [3.63, 3.8) is 0 Å². The number of hydrogen-bond acceptors (Lipinski definition) is 3. The minimum absolute atomic E-state index is 0.234. The third-order valence-corrected chi connectivity index (χ3v) is 3.22. The van der Waals surface area contributed by atoms with Gasteiger partial charge in [-0.05, 0) is 12.5 Å². The highest BCUT2D eigenvalue weighted by Crippen LogP contribution is 1.97. The Hall–Kier alpha value is -2.11. The van der Waals surface area contributed by atoms with Crippen LogP contribution in [0, 0.1) is 0 Å². The van der Waals surface area contributed by atoms with E-state index in [9.17, 15) is 14.4 Å². The van der Waals surface area contributed by atoms with Crippen molar-refractivity contribution in [2.24, 2.45) is 14.1 Å². The highest BCUT2D eigenvalue weighted by Gasteiger charge is 2.04. The average Bonchev–Trinajstić information content (AvgIpc) is 2.47. The van der Waals surface area contributed by atoms with Gasteiger partial charge in [-0.15, -0.1) is 0 Å². The van der Waals surface area contributed by atoms with Crippen LogP contribution in [-0.4, -0.2) is 21.6 Å². The van der Waals surface area contributed by atoms with Gasteiger partial charge in [0.1, 0.15) is 0 Å². The molecule has 0 spiro atoms. The van der Waals surface area contributed by atoms with E-state index in [0.717, 1.165) is 23.8 Å². The summed E-state index contributed by atoms with van der Waals surface area (Å²) in [5.41, 5.74) is -0.497. The molecule has 116 valence electrons. The molecule has 0 aromatic carbocycles. The van der Waals surface area contributed by atoms with Crippen LogP contribution in [0.3, 0.4) is 0 Å². The number of nitrogens with one attached hydrogen (secondary N) is 1. The Bertz CT molecular complexity index is 626. The minimum atomic E-state index is -0.412. The van der Waals surface area contributed by atoms with Crippen LogP contribution in [0.15, 0.2) is 21.9 Å². The van der Waals surface area contributed by atoms with Gasteiger partial charge in [-0.2, -0.15) is 0 Å². The van der Waals surface area contributed by atoms with E-state index in [0.29, 0.717) is 12.1 Å². The van der Waals surface area contributed by atoms with Gasteiger partial charge in [0.05, 0.1) is 5.56 Å². The van der Waals surface area contributed by atoms with Gasteiger partial charge in [0.2, 0.25) is 5.91 Å². The summed E-state index contributed by atoms with van der Waals surface area (Å²) in [5, 5.41) is 2.77. The van der Waals surface area contributed by atoms with Crippen molar-refractivity contribution in [3.05, 3.63) is 38.7 Å². The number of nitrogens with zero attached hydrogens (tertiary/aromatic N) is 2. The molecule has 0 saturated carbocycles. The van der Waals surface area contributed by atoms with Crippen LogP contribution < -0.4 is 16.6 Å². The fourth-order valence-corrected chi connectivity index (χ4v) is 1.94. The smallest absolute Gasteiger partial charge is 0.330 e. The van der Waals surface area contributed by atoms with E-state index < -0.39 is 11.2 Å². The van der Waals surface area contributed by atoms with Gasteiger partial charge >= 0.3 is 5.69 Å². The zero-order valence-electron chi connectivity index (χ0n) is 12.9. The van der Waals surface area contributed by atoms with Gasteiger partial charge in [0, 0.05) is 32.9 Å². The first-order valence-corrected chi connectivity index (χ1v) is 7.20. The molecule has 6 heteroatoms. The molecular weight excluding hydrogens is 270 g/mol. The number of amides is 1. The van der Waals surface area contributed by atoms with Crippen molar-refractivity contribution in [2.75, 3.05) is 6.54 Å². The van der Waals surface area contributed by atoms with Gasteiger partial charge < -0.3 is 9.88 Å². The lowest BCUT2D eigenvalue weighted by atomic mass is 10.2. The Morgan fingerprint density at radius 3 is 2.62 bits per heavy atom. The predicted molar refractivity (Wildman–Crippen MR) is 83.1 cm³/mol. The molecule has 0 radical (unpaired) electrons. The molecule has 0 aliphatic carbocycles. The van der Waals surface area contributed by atoms with Crippen molar-refractivity contribution in [3.8, 4) is 0 Å². The van der Waals surface area contributed by atoms with E-state index in [1.54, 1.807) is 7.05 Å². The van der Waals surface area contributed by atoms with Crippen LogP contribution in [0.5, 0.6) is 0 Å². The zero-order chi connectivity index (χ0) is 15.8. The summed E-state index contributed by atoms with van der Waals surface area (Å²) >= 11 is 0. The first-order chi connectivity index (χ1) is 9.97. The lowest BCUT2D eigenvalue weighted by Gasteiger charge is -2.03. The predicted octanol–water partition coefficient (Wildman–Crippen LogP) is 0.794. The SMILES string of the molecule is CCCCCCNC(=O)/C=C/c1cn(C)c(=O)n(C)c1=O. The van der Waals surface area contributed by atoms with E-state index in [2.05, 4.69) is 12.2 Å². The first kappa shape index (κ1) is 16.9. The van der Waals surface area contributed by atoms with Gasteiger partial charge in [0.15, 0.2) is 0 Å². The molecule has 1 heterocycles. The summed E-state index contributed by atoms with van der Waals surface area (Å²) < 4.78 is 2.33. The van der Waals surface area contributed by atoms with Crippen molar-refractivity contribution in [1.29, 1.82) is 0 Å². The number of rotatable bonds is 7. The maximum atomic E-state index is 11.9. The molecule has 0 saturated heterocycles. The fourth-order valence-electron chi connectivity index (χ4n) is 1.94. The van der Waals surface area contributed by atoms with Crippen LogP contribution in [0.25, 0.3) is 6.08 Å². The highest BCUT2D eigenvalue weighted by atomic mass is 16.2. The maximum absolute atomic E-state index is 11.9. The molecule has 1 aromatic rings. The molecule has 1 aromatic heterocycles. The molecule has 0 aliphatic rings. The Morgan fingerprint density at radius 1 is 1.24 bits per heavy atom. The van der Waals surface area contributed by atoms with E-state index in [4.69, 9.17) is 0 Å².